The van der Waals surface area contributed by atoms with Gasteiger partial charge in [-0.2, -0.15) is 11.8 Å². The van der Waals surface area contributed by atoms with Crippen LogP contribution in [0.25, 0.3) is 10.9 Å². The van der Waals surface area contributed by atoms with Gasteiger partial charge in [-0.3, -0.25) is 4.79 Å². The second kappa shape index (κ2) is 13.1. The minimum atomic E-state index is -0.599. The van der Waals surface area contributed by atoms with Crippen LogP contribution in [0.1, 0.15) is 57.2 Å². The number of H-pyrrole nitrogens is 1. The van der Waals surface area contributed by atoms with Crippen molar-refractivity contribution in [3.63, 3.8) is 0 Å². The van der Waals surface area contributed by atoms with E-state index in [1.54, 1.807) is 30.0 Å². The van der Waals surface area contributed by atoms with E-state index in [0.717, 1.165) is 77.9 Å². The van der Waals surface area contributed by atoms with Crippen LogP contribution < -0.4 is 20.9 Å². The number of thioether (sulfide) groups is 1. The van der Waals surface area contributed by atoms with Gasteiger partial charge in [0, 0.05) is 55.4 Å². The molecule has 2 aromatic carbocycles. The predicted molar refractivity (Wildman–Crippen MR) is 175 cm³/mol. The molecule has 4 heterocycles. The number of aromatic amines is 1. The molecule has 3 aromatic rings. The molecule has 1 spiro atoms. The Labute approximate surface area is 267 Å². The number of rotatable bonds is 8. The van der Waals surface area contributed by atoms with Crippen LogP contribution in [0.15, 0.2) is 35.1 Å². The molecule has 0 unspecified atom stereocenters. The molecule has 0 amide bonds. The van der Waals surface area contributed by atoms with Crippen molar-refractivity contribution < 1.29 is 18.3 Å². The van der Waals surface area contributed by atoms with Gasteiger partial charge in [0.2, 0.25) is 0 Å². The standard InChI is InChI=1S/C34H43F2N5O3S/c35-27-15-23(37)1-2-30(27)41-11-7-34(8-12-41)18-24(19-34)40-9-3-22(4-10-40)20-44-25-16-28(36)32-29(17-25)38-31(39-33(32)42)21-45-26-5-13-43-14-6-26/h1-2,15-17,22,24,26H,3-14,18-21,37H2,(H,38,39,42). The first-order valence-corrected chi connectivity index (χ1v) is 17.5. The third-order valence-electron chi connectivity index (χ3n) is 10.5. The molecule has 7 rings (SSSR count). The van der Waals surface area contributed by atoms with Crippen molar-refractivity contribution >= 4 is 34.0 Å². The number of nitrogens with two attached hydrogens (primary N) is 1. The van der Waals surface area contributed by atoms with Gasteiger partial charge in [0.05, 0.1) is 23.6 Å². The van der Waals surface area contributed by atoms with E-state index in [4.69, 9.17) is 15.2 Å². The van der Waals surface area contributed by atoms with Gasteiger partial charge < -0.3 is 30.0 Å². The number of halogens is 2. The third-order valence-corrected chi connectivity index (χ3v) is 11.9. The van der Waals surface area contributed by atoms with Crippen LogP contribution in [0, 0.1) is 23.0 Å². The average Bonchev–Trinajstić information content (AvgIpc) is 3.02. The van der Waals surface area contributed by atoms with Crippen molar-refractivity contribution in [1.29, 1.82) is 0 Å². The number of likely N-dealkylation sites (tertiary alicyclic amines) is 1. The number of nitrogen functional groups attached to an aromatic ring is 1. The molecule has 1 aliphatic carbocycles. The molecule has 3 aliphatic heterocycles. The van der Waals surface area contributed by atoms with E-state index in [2.05, 4.69) is 19.8 Å². The number of anilines is 2. The zero-order valence-corrected chi connectivity index (χ0v) is 26.6. The normalized spacial score (nSPS) is 21.8. The molecule has 242 valence electrons. The maximum absolute atomic E-state index is 15.0. The van der Waals surface area contributed by atoms with Crippen molar-refractivity contribution in [3.8, 4) is 5.75 Å². The zero-order valence-electron chi connectivity index (χ0n) is 25.7. The van der Waals surface area contributed by atoms with E-state index in [9.17, 15) is 13.6 Å². The summed E-state index contributed by atoms with van der Waals surface area (Å²) in [6.45, 7) is 5.94. The highest BCUT2D eigenvalue weighted by Crippen LogP contribution is 2.52. The van der Waals surface area contributed by atoms with E-state index >= 15 is 0 Å². The summed E-state index contributed by atoms with van der Waals surface area (Å²) < 4.78 is 40.9. The summed E-state index contributed by atoms with van der Waals surface area (Å²) in [6, 6.07) is 8.64. The Morgan fingerprint density at radius 3 is 2.51 bits per heavy atom. The van der Waals surface area contributed by atoms with Gasteiger partial charge in [0.1, 0.15) is 28.6 Å². The number of ether oxygens (including phenoxy) is 2. The van der Waals surface area contributed by atoms with Crippen molar-refractivity contribution in [3.05, 3.63) is 58.1 Å². The van der Waals surface area contributed by atoms with Gasteiger partial charge in [0.15, 0.2) is 0 Å². The highest BCUT2D eigenvalue weighted by Gasteiger charge is 2.48. The molecule has 0 atom stereocenters. The van der Waals surface area contributed by atoms with Crippen LogP contribution in [0.3, 0.4) is 0 Å². The van der Waals surface area contributed by atoms with Crippen LogP contribution in [0.2, 0.25) is 0 Å². The number of nitrogens with one attached hydrogen (secondary N) is 1. The van der Waals surface area contributed by atoms with Gasteiger partial charge in [0.25, 0.3) is 5.56 Å². The number of piperidine rings is 2. The van der Waals surface area contributed by atoms with Crippen molar-refractivity contribution in [2.45, 2.75) is 68.4 Å². The Morgan fingerprint density at radius 2 is 1.78 bits per heavy atom. The number of benzene rings is 2. The van der Waals surface area contributed by atoms with Crippen molar-refractivity contribution in [2.75, 3.05) is 56.6 Å². The quantitative estimate of drug-likeness (QED) is 0.302. The fraction of sp³-hybridized carbons (Fsp3) is 0.588. The molecule has 3 N–H and O–H groups in total. The molecule has 8 nitrogen and oxygen atoms in total. The third kappa shape index (κ3) is 6.81. The van der Waals surface area contributed by atoms with Crippen LogP contribution >= 0.6 is 11.8 Å². The van der Waals surface area contributed by atoms with E-state index in [-0.39, 0.29) is 11.2 Å². The molecule has 1 aromatic heterocycles. The molecule has 45 heavy (non-hydrogen) atoms. The second-order valence-electron chi connectivity index (χ2n) is 13.5. The lowest BCUT2D eigenvalue weighted by molar-refractivity contribution is -0.0318. The summed E-state index contributed by atoms with van der Waals surface area (Å²) in [5.41, 5.74) is 7.15. The first-order chi connectivity index (χ1) is 21.8. The highest BCUT2D eigenvalue weighted by molar-refractivity contribution is 7.99. The van der Waals surface area contributed by atoms with Crippen molar-refractivity contribution in [2.24, 2.45) is 11.3 Å². The van der Waals surface area contributed by atoms with Gasteiger partial charge in [-0.15, -0.1) is 0 Å². The first kappa shape index (κ1) is 30.7. The fourth-order valence-electron chi connectivity index (χ4n) is 7.75. The van der Waals surface area contributed by atoms with Crippen LogP contribution in [0.4, 0.5) is 20.2 Å². The minimum Gasteiger partial charge on any atom is -0.493 e. The summed E-state index contributed by atoms with van der Waals surface area (Å²) in [4.78, 5) is 24.8. The fourth-order valence-corrected chi connectivity index (χ4v) is 8.80. The molecule has 4 aliphatic rings. The molecule has 0 radical (unpaired) electrons. The molecule has 11 heteroatoms. The smallest absolute Gasteiger partial charge is 0.261 e. The first-order valence-electron chi connectivity index (χ1n) is 16.4. The van der Waals surface area contributed by atoms with E-state index in [1.807, 2.05) is 0 Å². The minimum absolute atomic E-state index is 0.0168. The molecular formula is C34H43F2N5O3S. The Hall–Kier alpha value is -2.89. The SMILES string of the molecule is Nc1ccc(N2CCC3(CC2)CC(N2CCC(COc4cc(F)c5c(=O)[nH]c(CSC6CCOCC6)nc5c4)CC2)C3)c(F)c1. The highest BCUT2D eigenvalue weighted by atomic mass is 32.2. The molecule has 3 saturated heterocycles. The molecule has 4 fully saturated rings. The Kier molecular flexibility index (Phi) is 8.94. The topological polar surface area (TPSA) is 96.7 Å². The van der Waals surface area contributed by atoms with Gasteiger partial charge in [-0.1, -0.05) is 0 Å². The largest absolute Gasteiger partial charge is 0.493 e. The van der Waals surface area contributed by atoms with E-state index in [1.165, 1.54) is 25.0 Å². The van der Waals surface area contributed by atoms with E-state index in [0.29, 0.717) is 63.4 Å². The summed E-state index contributed by atoms with van der Waals surface area (Å²) in [5, 5.41) is 0.464. The number of nitrogens with zero attached hydrogens (tertiary/aromatic N) is 3. The maximum atomic E-state index is 15.0. The summed E-state index contributed by atoms with van der Waals surface area (Å²) in [6.07, 6.45) is 8.75. The summed E-state index contributed by atoms with van der Waals surface area (Å²) >= 11 is 1.76. The number of hydrogen-bond donors (Lipinski definition) is 2. The number of aromatic nitrogens is 2. The number of hydrogen-bond acceptors (Lipinski definition) is 8. The lowest BCUT2D eigenvalue weighted by atomic mass is 9.59. The summed E-state index contributed by atoms with van der Waals surface area (Å²) in [5.74, 6) is 1.14. The second-order valence-corrected chi connectivity index (χ2v) is 14.8. The Morgan fingerprint density at radius 1 is 1.02 bits per heavy atom. The lowest BCUT2D eigenvalue weighted by Gasteiger charge is -2.56. The number of fused-ring (bicyclic) bond motifs is 1. The summed E-state index contributed by atoms with van der Waals surface area (Å²) in [7, 11) is 0. The predicted octanol–water partition coefficient (Wildman–Crippen LogP) is 5.74. The van der Waals surface area contributed by atoms with Gasteiger partial charge >= 0.3 is 0 Å². The van der Waals surface area contributed by atoms with Gasteiger partial charge in [-0.05, 0) is 94.0 Å². The van der Waals surface area contributed by atoms with Crippen LogP contribution in [0.5, 0.6) is 5.75 Å². The Bertz CT molecular complexity index is 1560. The zero-order chi connectivity index (χ0) is 31.0. The molecule has 0 bridgehead atoms. The monoisotopic (exact) mass is 639 g/mol. The maximum Gasteiger partial charge on any atom is 0.261 e. The van der Waals surface area contributed by atoms with Crippen LogP contribution in [-0.2, 0) is 10.5 Å². The lowest BCUT2D eigenvalue weighted by Crippen LogP contribution is -2.56. The Balaban J connectivity index is 0.876. The van der Waals surface area contributed by atoms with Crippen LogP contribution in [-0.4, -0.2) is 72.2 Å². The molecular weight excluding hydrogens is 596 g/mol. The van der Waals surface area contributed by atoms with Gasteiger partial charge in [-0.25, -0.2) is 13.8 Å². The average molecular weight is 640 g/mol. The van der Waals surface area contributed by atoms with Crippen molar-refractivity contribution in [1.82, 2.24) is 14.9 Å². The molecule has 1 saturated carbocycles. The van der Waals surface area contributed by atoms with E-state index < -0.39 is 11.4 Å².